The summed E-state index contributed by atoms with van der Waals surface area (Å²) in [6.45, 7) is 2.06. The Bertz CT molecular complexity index is 985. The van der Waals surface area contributed by atoms with Gasteiger partial charge >= 0.3 is 12.1 Å². The van der Waals surface area contributed by atoms with E-state index in [1.165, 1.54) is 0 Å². The van der Waals surface area contributed by atoms with Crippen LogP contribution in [0.2, 0.25) is 0 Å². The number of hydrogen-bond acceptors (Lipinski definition) is 4. The number of amides is 2. The fourth-order valence-electron chi connectivity index (χ4n) is 4.67. The quantitative estimate of drug-likeness (QED) is 0.586. The second-order valence-electron chi connectivity index (χ2n) is 8.79. The highest BCUT2D eigenvalue weighted by Gasteiger charge is 2.44. The van der Waals surface area contributed by atoms with Crippen molar-refractivity contribution < 1.29 is 24.2 Å². The van der Waals surface area contributed by atoms with Gasteiger partial charge in [0, 0.05) is 18.5 Å². The maximum atomic E-state index is 12.7. The number of fused-ring (bicyclic) bond motifs is 3. The topological polar surface area (TPSA) is 105 Å². The van der Waals surface area contributed by atoms with Crippen molar-refractivity contribution in [2.45, 2.75) is 44.6 Å². The summed E-state index contributed by atoms with van der Waals surface area (Å²) in [4.78, 5) is 36.0. The average molecular weight is 437 g/mol. The van der Waals surface area contributed by atoms with Gasteiger partial charge in [-0.3, -0.25) is 9.59 Å². The molecule has 0 bridgehead atoms. The largest absolute Gasteiger partial charge is 0.481 e. The SMILES string of the molecule is C[C@@H](CC(=O)O)NC(=O)C1(CNC(=O)OCC2c3ccccc3-c3ccccc32)CCC1. The van der Waals surface area contributed by atoms with Crippen LogP contribution < -0.4 is 10.6 Å². The van der Waals surface area contributed by atoms with E-state index < -0.39 is 23.5 Å². The number of rotatable bonds is 8. The molecule has 0 spiro atoms. The smallest absolute Gasteiger partial charge is 0.407 e. The molecule has 2 aliphatic carbocycles. The van der Waals surface area contributed by atoms with E-state index in [9.17, 15) is 14.4 Å². The first kappa shape index (κ1) is 21.9. The first-order valence-corrected chi connectivity index (χ1v) is 11.0. The number of ether oxygens (including phenoxy) is 1. The van der Waals surface area contributed by atoms with Gasteiger partial charge in [-0.05, 0) is 42.0 Å². The maximum absolute atomic E-state index is 12.7. The predicted octanol–water partition coefficient (Wildman–Crippen LogP) is 3.67. The summed E-state index contributed by atoms with van der Waals surface area (Å²) in [6, 6.07) is 15.8. The Hall–Kier alpha value is -3.35. The Morgan fingerprint density at radius 1 is 1.06 bits per heavy atom. The molecule has 2 aromatic carbocycles. The van der Waals surface area contributed by atoms with Crippen molar-refractivity contribution in [3.63, 3.8) is 0 Å². The second-order valence-corrected chi connectivity index (χ2v) is 8.79. The molecule has 0 saturated heterocycles. The molecule has 1 fully saturated rings. The molecule has 0 heterocycles. The van der Waals surface area contributed by atoms with Crippen LogP contribution in [0.4, 0.5) is 4.79 Å². The monoisotopic (exact) mass is 436 g/mol. The van der Waals surface area contributed by atoms with Crippen molar-refractivity contribution in [2.24, 2.45) is 5.41 Å². The third-order valence-corrected chi connectivity index (χ3v) is 6.57. The van der Waals surface area contributed by atoms with E-state index in [1.807, 2.05) is 24.3 Å². The van der Waals surface area contributed by atoms with Crippen LogP contribution in [0.5, 0.6) is 0 Å². The van der Waals surface area contributed by atoms with Crippen molar-refractivity contribution in [1.29, 1.82) is 0 Å². The molecular formula is C25H28N2O5. The molecule has 32 heavy (non-hydrogen) atoms. The van der Waals surface area contributed by atoms with Crippen molar-refractivity contribution in [2.75, 3.05) is 13.2 Å². The number of carboxylic acid groups (broad SMARTS) is 1. The average Bonchev–Trinajstić information content (AvgIpc) is 3.04. The van der Waals surface area contributed by atoms with Gasteiger partial charge in [-0.25, -0.2) is 4.79 Å². The fourth-order valence-corrected chi connectivity index (χ4v) is 4.67. The van der Waals surface area contributed by atoms with E-state index in [4.69, 9.17) is 9.84 Å². The van der Waals surface area contributed by atoms with Crippen LogP contribution in [0.15, 0.2) is 48.5 Å². The molecule has 0 unspecified atom stereocenters. The minimum Gasteiger partial charge on any atom is -0.481 e. The molecule has 0 aromatic heterocycles. The minimum absolute atomic E-state index is 0.0222. The second kappa shape index (κ2) is 9.02. The third kappa shape index (κ3) is 4.33. The summed E-state index contributed by atoms with van der Waals surface area (Å²) in [7, 11) is 0. The van der Waals surface area contributed by atoms with Crippen LogP contribution in [-0.4, -0.2) is 42.3 Å². The van der Waals surface area contributed by atoms with Crippen LogP contribution in [0.1, 0.15) is 49.7 Å². The lowest BCUT2D eigenvalue weighted by Gasteiger charge is -2.40. The fraction of sp³-hybridized carbons (Fsp3) is 0.400. The van der Waals surface area contributed by atoms with E-state index in [1.54, 1.807) is 6.92 Å². The van der Waals surface area contributed by atoms with Gasteiger partial charge in [0.05, 0.1) is 11.8 Å². The molecule has 3 N–H and O–H groups in total. The number of carbonyl (C=O) groups excluding carboxylic acids is 2. The number of nitrogens with one attached hydrogen (secondary N) is 2. The van der Waals surface area contributed by atoms with Crippen LogP contribution in [0.25, 0.3) is 11.1 Å². The summed E-state index contributed by atoms with van der Waals surface area (Å²) in [5.41, 5.74) is 3.92. The van der Waals surface area contributed by atoms with Gasteiger partial charge in [-0.1, -0.05) is 55.0 Å². The van der Waals surface area contributed by atoms with Gasteiger partial charge < -0.3 is 20.5 Å². The summed E-state index contributed by atoms with van der Waals surface area (Å²) in [5, 5.41) is 14.4. The van der Waals surface area contributed by atoms with Crippen LogP contribution >= 0.6 is 0 Å². The summed E-state index contributed by atoms with van der Waals surface area (Å²) in [5.74, 6) is -1.19. The molecule has 2 aromatic rings. The summed E-state index contributed by atoms with van der Waals surface area (Å²) in [6.07, 6.45) is 1.52. The first-order valence-electron chi connectivity index (χ1n) is 11.0. The van der Waals surface area contributed by atoms with E-state index in [-0.39, 0.29) is 31.4 Å². The third-order valence-electron chi connectivity index (χ3n) is 6.57. The first-order chi connectivity index (χ1) is 15.4. The van der Waals surface area contributed by atoms with Crippen molar-refractivity contribution in [3.05, 3.63) is 59.7 Å². The Morgan fingerprint density at radius 2 is 1.66 bits per heavy atom. The summed E-state index contributed by atoms with van der Waals surface area (Å²) < 4.78 is 5.56. The molecule has 4 rings (SSSR count). The molecule has 0 aliphatic heterocycles. The minimum atomic E-state index is -0.961. The van der Waals surface area contributed by atoms with Crippen molar-refractivity contribution in [3.8, 4) is 11.1 Å². The Balaban J connectivity index is 1.34. The molecule has 2 aliphatic rings. The Kier molecular flexibility index (Phi) is 6.17. The van der Waals surface area contributed by atoms with Crippen molar-refractivity contribution in [1.82, 2.24) is 10.6 Å². The lowest BCUT2D eigenvalue weighted by molar-refractivity contribution is -0.139. The zero-order valence-electron chi connectivity index (χ0n) is 18.1. The molecule has 2 amide bonds. The summed E-state index contributed by atoms with van der Waals surface area (Å²) >= 11 is 0. The normalized spacial score (nSPS) is 16.8. The van der Waals surface area contributed by atoms with Gasteiger partial charge in [0.2, 0.25) is 5.91 Å². The molecule has 0 radical (unpaired) electrons. The zero-order chi connectivity index (χ0) is 22.7. The van der Waals surface area contributed by atoms with Crippen LogP contribution in [0, 0.1) is 5.41 Å². The molecule has 168 valence electrons. The van der Waals surface area contributed by atoms with E-state index in [0.29, 0.717) is 12.8 Å². The molecule has 7 heteroatoms. The van der Waals surface area contributed by atoms with E-state index >= 15 is 0 Å². The van der Waals surface area contributed by atoms with Gasteiger partial charge in [-0.15, -0.1) is 0 Å². The number of alkyl carbamates (subject to hydrolysis) is 1. The number of hydrogen-bond donors (Lipinski definition) is 3. The number of carbonyl (C=O) groups is 3. The lowest BCUT2D eigenvalue weighted by Crippen LogP contribution is -2.54. The van der Waals surface area contributed by atoms with Crippen LogP contribution in [-0.2, 0) is 14.3 Å². The highest BCUT2D eigenvalue weighted by atomic mass is 16.5. The van der Waals surface area contributed by atoms with E-state index in [0.717, 1.165) is 28.7 Å². The highest BCUT2D eigenvalue weighted by Crippen LogP contribution is 2.44. The van der Waals surface area contributed by atoms with Gasteiger partial charge in [0.1, 0.15) is 6.61 Å². The Morgan fingerprint density at radius 3 is 2.19 bits per heavy atom. The standard InChI is InChI=1S/C25H28N2O5/c1-16(13-22(28)29)27-23(30)25(11-6-12-25)15-26-24(31)32-14-21-19-9-4-2-7-17(19)18-8-3-5-10-20(18)21/h2-5,7-10,16,21H,6,11-15H2,1H3,(H,26,31)(H,27,30)(H,28,29)/t16-/m0/s1. The number of aliphatic carboxylic acids is 1. The number of carboxylic acids is 1. The number of benzene rings is 2. The predicted molar refractivity (Wildman–Crippen MR) is 119 cm³/mol. The van der Waals surface area contributed by atoms with Crippen molar-refractivity contribution >= 4 is 18.0 Å². The van der Waals surface area contributed by atoms with Gasteiger partial charge in [0.25, 0.3) is 0 Å². The maximum Gasteiger partial charge on any atom is 0.407 e. The molecule has 1 atom stereocenters. The molecular weight excluding hydrogens is 408 g/mol. The van der Waals surface area contributed by atoms with Gasteiger partial charge in [0.15, 0.2) is 0 Å². The molecule has 1 saturated carbocycles. The zero-order valence-corrected chi connectivity index (χ0v) is 18.1. The van der Waals surface area contributed by atoms with E-state index in [2.05, 4.69) is 34.9 Å². The van der Waals surface area contributed by atoms with Gasteiger partial charge in [-0.2, -0.15) is 0 Å². The molecule has 7 nitrogen and oxygen atoms in total. The highest BCUT2D eigenvalue weighted by molar-refractivity contribution is 5.85. The Labute approximate surface area is 187 Å². The lowest BCUT2D eigenvalue weighted by atomic mass is 9.68. The van der Waals surface area contributed by atoms with Crippen LogP contribution in [0.3, 0.4) is 0 Å².